The van der Waals surface area contributed by atoms with Crippen LogP contribution in [0.1, 0.15) is 34.1 Å². The summed E-state index contributed by atoms with van der Waals surface area (Å²) < 4.78 is 28.1. The minimum atomic E-state index is -3.79. The monoisotopic (exact) mass is 376 g/mol. The number of carbonyl (C=O) groups excluding carboxylic acids is 1. The van der Waals surface area contributed by atoms with Crippen molar-refractivity contribution in [1.29, 1.82) is 0 Å². The van der Waals surface area contributed by atoms with Crippen molar-refractivity contribution in [2.24, 2.45) is 11.8 Å². The van der Waals surface area contributed by atoms with E-state index in [0.29, 0.717) is 12.5 Å². The molecule has 0 aliphatic carbocycles. The zero-order chi connectivity index (χ0) is 19.3. The van der Waals surface area contributed by atoms with Gasteiger partial charge in [0.25, 0.3) is 0 Å². The molecule has 0 saturated heterocycles. The van der Waals surface area contributed by atoms with E-state index >= 15 is 0 Å². The second kappa shape index (κ2) is 8.64. The Morgan fingerprint density at radius 1 is 1.00 bits per heavy atom. The van der Waals surface area contributed by atoms with Crippen LogP contribution in [-0.2, 0) is 14.8 Å². The van der Waals surface area contributed by atoms with E-state index in [4.69, 9.17) is 0 Å². The van der Waals surface area contributed by atoms with Gasteiger partial charge in [-0.15, -0.1) is 0 Å². The Labute approximate surface area is 156 Å². The van der Waals surface area contributed by atoms with Crippen LogP contribution in [0.25, 0.3) is 10.8 Å². The number of hydrogen-bond donors (Lipinski definition) is 2. The van der Waals surface area contributed by atoms with Crippen LogP contribution < -0.4 is 10.0 Å². The van der Waals surface area contributed by atoms with Gasteiger partial charge in [-0.2, -0.15) is 4.72 Å². The van der Waals surface area contributed by atoms with E-state index in [1.807, 2.05) is 38.1 Å². The number of sulfonamides is 1. The number of benzene rings is 2. The molecule has 0 fully saturated rings. The first-order chi connectivity index (χ1) is 12.2. The van der Waals surface area contributed by atoms with Crippen molar-refractivity contribution in [3.05, 3.63) is 42.5 Å². The van der Waals surface area contributed by atoms with E-state index < -0.39 is 16.1 Å². The minimum Gasteiger partial charge on any atom is -0.355 e. The predicted octanol–water partition coefficient (Wildman–Crippen LogP) is 3.31. The van der Waals surface area contributed by atoms with E-state index in [9.17, 15) is 13.2 Å². The van der Waals surface area contributed by atoms with Gasteiger partial charge in [-0.3, -0.25) is 4.79 Å². The Morgan fingerprint density at radius 2 is 1.65 bits per heavy atom. The molecule has 0 spiro atoms. The number of amides is 1. The Balaban J connectivity index is 2.18. The molecule has 1 unspecified atom stereocenters. The highest BCUT2D eigenvalue weighted by atomic mass is 32.2. The van der Waals surface area contributed by atoms with Crippen LogP contribution in [0.3, 0.4) is 0 Å². The molecule has 0 aromatic heterocycles. The molecule has 6 heteroatoms. The first kappa shape index (κ1) is 20.4. The average molecular weight is 377 g/mol. The molecule has 0 aliphatic rings. The van der Waals surface area contributed by atoms with Gasteiger partial charge >= 0.3 is 0 Å². The largest absolute Gasteiger partial charge is 0.355 e. The van der Waals surface area contributed by atoms with Gasteiger partial charge in [0.15, 0.2) is 0 Å². The highest BCUT2D eigenvalue weighted by Crippen LogP contribution is 2.19. The van der Waals surface area contributed by atoms with Crippen LogP contribution in [-0.4, -0.2) is 26.9 Å². The van der Waals surface area contributed by atoms with E-state index in [1.165, 1.54) is 0 Å². The molecule has 5 nitrogen and oxygen atoms in total. The summed E-state index contributed by atoms with van der Waals surface area (Å²) in [6.45, 7) is 8.35. The summed E-state index contributed by atoms with van der Waals surface area (Å²) >= 11 is 0. The fourth-order valence-corrected chi connectivity index (χ4v) is 4.04. The highest BCUT2D eigenvalue weighted by Gasteiger charge is 2.28. The first-order valence-electron chi connectivity index (χ1n) is 8.99. The Bertz CT molecular complexity index is 860. The molecule has 2 aromatic rings. The second-order valence-corrected chi connectivity index (χ2v) is 9.04. The van der Waals surface area contributed by atoms with E-state index in [0.717, 1.165) is 17.2 Å². The number of hydrogen-bond acceptors (Lipinski definition) is 3. The van der Waals surface area contributed by atoms with Crippen molar-refractivity contribution in [3.8, 4) is 0 Å². The molecule has 142 valence electrons. The SMILES string of the molecule is CC(C)CCNC(=O)C(NS(=O)(=O)c1ccc2ccccc2c1)C(C)C. The third-order valence-corrected chi connectivity index (χ3v) is 5.72. The standard InChI is InChI=1S/C20H28N2O3S/c1-14(2)11-12-21-20(23)19(15(3)4)22-26(24,25)18-10-9-16-7-5-6-8-17(16)13-18/h5-10,13-15,19,22H,11-12H2,1-4H3,(H,21,23). The normalized spacial score (nSPS) is 13.3. The molecule has 0 heterocycles. The van der Waals surface area contributed by atoms with Gasteiger partial charge in [-0.25, -0.2) is 8.42 Å². The molecule has 2 aromatic carbocycles. The molecule has 2 N–H and O–H groups in total. The Hall–Kier alpha value is -1.92. The van der Waals surface area contributed by atoms with Crippen molar-refractivity contribution in [1.82, 2.24) is 10.0 Å². The van der Waals surface area contributed by atoms with Crippen molar-refractivity contribution < 1.29 is 13.2 Å². The lowest BCUT2D eigenvalue weighted by molar-refractivity contribution is -0.123. The van der Waals surface area contributed by atoms with Gasteiger partial charge in [0.2, 0.25) is 15.9 Å². The van der Waals surface area contributed by atoms with Crippen molar-refractivity contribution >= 4 is 26.7 Å². The van der Waals surface area contributed by atoms with Crippen molar-refractivity contribution in [2.75, 3.05) is 6.54 Å². The Kier molecular flexibility index (Phi) is 6.78. The lowest BCUT2D eigenvalue weighted by Gasteiger charge is -2.22. The fraction of sp³-hybridized carbons (Fsp3) is 0.450. The lowest BCUT2D eigenvalue weighted by Crippen LogP contribution is -2.49. The first-order valence-corrected chi connectivity index (χ1v) is 10.5. The van der Waals surface area contributed by atoms with Crippen LogP contribution >= 0.6 is 0 Å². The van der Waals surface area contributed by atoms with Crippen LogP contribution in [0.15, 0.2) is 47.4 Å². The maximum Gasteiger partial charge on any atom is 0.241 e. The van der Waals surface area contributed by atoms with Crippen LogP contribution in [0, 0.1) is 11.8 Å². The van der Waals surface area contributed by atoms with Gasteiger partial charge in [-0.1, -0.05) is 58.0 Å². The third kappa shape index (κ3) is 5.29. The van der Waals surface area contributed by atoms with E-state index in [2.05, 4.69) is 23.9 Å². The maximum atomic E-state index is 12.8. The van der Waals surface area contributed by atoms with Crippen LogP contribution in [0.4, 0.5) is 0 Å². The predicted molar refractivity (Wildman–Crippen MR) is 105 cm³/mol. The zero-order valence-electron chi connectivity index (χ0n) is 15.8. The molecular weight excluding hydrogens is 348 g/mol. The molecule has 0 aliphatic heterocycles. The van der Waals surface area contributed by atoms with E-state index in [1.54, 1.807) is 18.2 Å². The summed E-state index contributed by atoms with van der Waals surface area (Å²) in [7, 11) is -3.79. The highest BCUT2D eigenvalue weighted by molar-refractivity contribution is 7.89. The van der Waals surface area contributed by atoms with E-state index in [-0.39, 0.29) is 16.7 Å². The third-order valence-electron chi connectivity index (χ3n) is 4.28. The number of fused-ring (bicyclic) bond motifs is 1. The molecule has 26 heavy (non-hydrogen) atoms. The lowest BCUT2D eigenvalue weighted by atomic mass is 10.0. The molecule has 2 rings (SSSR count). The molecule has 0 radical (unpaired) electrons. The zero-order valence-corrected chi connectivity index (χ0v) is 16.6. The average Bonchev–Trinajstić information content (AvgIpc) is 2.58. The summed E-state index contributed by atoms with van der Waals surface area (Å²) in [6, 6.07) is 11.7. The number of rotatable bonds is 8. The summed E-state index contributed by atoms with van der Waals surface area (Å²) in [5.41, 5.74) is 0. The minimum absolute atomic E-state index is 0.163. The maximum absolute atomic E-state index is 12.8. The smallest absolute Gasteiger partial charge is 0.241 e. The quantitative estimate of drug-likeness (QED) is 0.742. The summed E-state index contributed by atoms with van der Waals surface area (Å²) in [4.78, 5) is 12.6. The summed E-state index contributed by atoms with van der Waals surface area (Å²) in [5, 5.41) is 4.65. The number of nitrogens with one attached hydrogen (secondary N) is 2. The van der Waals surface area contributed by atoms with Crippen molar-refractivity contribution in [2.45, 2.75) is 45.1 Å². The van der Waals surface area contributed by atoms with Crippen molar-refractivity contribution in [3.63, 3.8) is 0 Å². The van der Waals surface area contributed by atoms with Gasteiger partial charge in [0.1, 0.15) is 6.04 Å². The molecule has 0 bridgehead atoms. The van der Waals surface area contributed by atoms with Gasteiger partial charge in [0, 0.05) is 6.54 Å². The number of carbonyl (C=O) groups is 1. The van der Waals surface area contributed by atoms with Gasteiger partial charge in [-0.05, 0) is 41.2 Å². The topological polar surface area (TPSA) is 75.3 Å². The van der Waals surface area contributed by atoms with Gasteiger partial charge < -0.3 is 5.32 Å². The summed E-state index contributed by atoms with van der Waals surface area (Å²) in [5.74, 6) is 0.0244. The molecule has 1 amide bonds. The molecular formula is C20H28N2O3S. The fourth-order valence-electron chi connectivity index (χ4n) is 2.66. The van der Waals surface area contributed by atoms with Crippen LogP contribution in [0.5, 0.6) is 0 Å². The van der Waals surface area contributed by atoms with Crippen LogP contribution in [0.2, 0.25) is 0 Å². The molecule has 0 saturated carbocycles. The van der Waals surface area contributed by atoms with Gasteiger partial charge in [0.05, 0.1) is 4.90 Å². The molecule has 1 atom stereocenters. The Morgan fingerprint density at radius 3 is 2.27 bits per heavy atom. The second-order valence-electron chi connectivity index (χ2n) is 7.33. The summed E-state index contributed by atoms with van der Waals surface area (Å²) in [6.07, 6.45) is 0.855.